The molecule has 0 atom stereocenters. The number of aryl methyl sites for hydroxylation is 2. The minimum Gasteiger partial charge on any atom is -0.356 e. The van der Waals surface area contributed by atoms with Crippen LogP contribution >= 0.6 is 0 Å². The minimum absolute atomic E-state index is 1.08. The third kappa shape index (κ3) is 10.2. The van der Waals surface area contributed by atoms with Crippen LogP contribution < -0.4 is 31.1 Å². The first-order chi connectivity index (χ1) is 23.2. The van der Waals surface area contributed by atoms with Gasteiger partial charge in [-0.25, -0.2) is 0 Å². The van der Waals surface area contributed by atoms with Crippen LogP contribution in [-0.2, 0) is 0 Å². The van der Waals surface area contributed by atoms with E-state index in [0.29, 0.717) is 0 Å². The quantitative estimate of drug-likeness (QED) is 0.0913. The highest BCUT2D eigenvalue weighted by Gasteiger charge is 2.03. The van der Waals surface area contributed by atoms with E-state index in [9.17, 15) is 0 Å². The summed E-state index contributed by atoms with van der Waals surface area (Å²) in [6, 6.07) is 50.5. The first kappa shape index (κ1) is 33.8. The molecule has 0 amide bonds. The van der Waals surface area contributed by atoms with E-state index < -0.39 is 0 Å². The summed E-state index contributed by atoms with van der Waals surface area (Å²) in [5.41, 5.74) is 13.8. The molecule has 0 unspecified atom stereocenters. The Morgan fingerprint density at radius 3 is 0.625 bits per heavy atom. The molecule has 48 heavy (non-hydrogen) atoms. The molecule has 0 saturated carbocycles. The molecule has 0 heterocycles. The molecule has 0 fully saturated rings. The monoisotopic (exact) mass is 636 g/mol. The second-order valence-corrected chi connectivity index (χ2v) is 12.5. The molecular weight excluding hydrogens is 589 g/mol. The molecule has 0 aliphatic carbocycles. The minimum atomic E-state index is 1.08. The molecule has 6 aromatic carbocycles. The molecule has 0 bridgehead atoms. The topological polar surface area (TPSA) is 57.0 Å². The maximum atomic E-state index is 3.44. The van der Waals surface area contributed by atoms with Crippen LogP contribution in [0.2, 0.25) is 0 Å². The van der Waals surface area contributed by atoms with Crippen LogP contribution in [0, 0.1) is 13.8 Å². The molecule has 6 N–H and O–H groups in total. The third-order valence-corrected chi connectivity index (χ3v) is 7.95. The van der Waals surface area contributed by atoms with E-state index in [0.717, 1.165) is 45.5 Å². The second-order valence-electron chi connectivity index (χ2n) is 12.5. The molecule has 0 aliphatic rings. The van der Waals surface area contributed by atoms with Gasteiger partial charge in [0.25, 0.3) is 0 Å². The summed E-state index contributed by atoms with van der Waals surface area (Å²) in [4.78, 5) is 2.65. The molecular formula is C42H48N6+2. The molecule has 0 radical (unpaired) electrons. The fourth-order valence-electron chi connectivity index (χ4n) is 4.99. The predicted molar refractivity (Wildman–Crippen MR) is 206 cm³/mol. The van der Waals surface area contributed by atoms with Crippen molar-refractivity contribution in [1.29, 1.82) is 0 Å². The van der Waals surface area contributed by atoms with Crippen LogP contribution in [0.4, 0.5) is 56.9 Å². The molecule has 0 saturated heterocycles. The Kier molecular flexibility index (Phi) is 11.5. The number of anilines is 8. The highest BCUT2D eigenvalue weighted by molar-refractivity contribution is 5.68. The zero-order chi connectivity index (χ0) is 33.9. The number of benzene rings is 6. The van der Waals surface area contributed by atoms with E-state index in [4.69, 9.17) is 0 Å². The summed E-state index contributed by atoms with van der Waals surface area (Å²) in [6.45, 7) is 4.19. The van der Waals surface area contributed by atoms with Crippen molar-refractivity contribution >= 4 is 56.9 Å². The third-order valence-electron chi connectivity index (χ3n) is 7.95. The Hall–Kier alpha value is -5.56. The lowest BCUT2D eigenvalue weighted by Gasteiger charge is -2.11. The van der Waals surface area contributed by atoms with Crippen LogP contribution in [0.5, 0.6) is 0 Å². The zero-order valence-electron chi connectivity index (χ0n) is 28.9. The first-order valence-electron chi connectivity index (χ1n) is 16.4. The lowest BCUT2D eigenvalue weighted by atomic mass is 10.2. The lowest BCUT2D eigenvalue weighted by molar-refractivity contribution is -0.786. The highest BCUT2D eigenvalue weighted by atomic mass is 15.1. The van der Waals surface area contributed by atoms with Gasteiger partial charge in [0.05, 0.1) is 28.2 Å². The van der Waals surface area contributed by atoms with Crippen molar-refractivity contribution in [2.45, 2.75) is 13.8 Å². The van der Waals surface area contributed by atoms with Crippen molar-refractivity contribution in [2.24, 2.45) is 0 Å². The smallest absolute Gasteiger partial charge is 0.130 e. The average molecular weight is 637 g/mol. The van der Waals surface area contributed by atoms with Crippen molar-refractivity contribution in [3.8, 4) is 0 Å². The van der Waals surface area contributed by atoms with Gasteiger partial charge in [0.15, 0.2) is 0 Å². The van der Waals surface area contributed by atoms with Gasteiger partial charge < -0.3 is 31.1 Å². The van der Waals surface area contributed by atoms with Crippen LogP contribution in [0.15, 0.2) is 146 Å². The summed E-state index contributed by atoms with van der Waals surface area (Å²) in [5.74, 6) is 0. The van der Waals surface area contributed by atoms with Crippen molar-refractivity contribution in [2.75, 3.05) is 49.5 Å². The van der Waals surface area contributed by atoms with Gasteiger partial charge in [-0.3, -0.25) is 0 Å². The summed E-state index contributed by atoms with van der Waals surface area (Å²) in [7, 11) is 8.51. The molecule has 244 valence electrons. The fourth-order valence-corrected chi connectivity index (χ4v) is 4.99. The van der Waals surface area contributed by atoms with E-state index in [2.05, 4.69) is 209 Å². The van der Waals surface area contributed by atoms with Gasteiger partial charge in [-0.15, -0.1) is 0 Å². The van der Waals surface area contributed by atoms with Crippen LogP contribution in [-0.4, -0.2) is 28.2 Å². The number of hydrogen-bond acceptors (Lipinski definition) is 4. The van der Waals surface area contributed by atoms with E-state index in [1.165, 1.54) is 32.3 Å². The Labute approximate surface area is 286 Å². The van der Waals surface area contributed by atoms with Crippen LogP contribution in [0.1, 0.15) is 11.1 Å². The zero-order valence-corrected chi connectivity index (χ0v) is 28.9. The summed E-state index contributed by atoms with van der Waals surface area (Å²) < 4.78 is 0. The number of hydrogen-bond donors (Lipinski definition) is 6. The maximum Gasteiger partial charge on any atom is 0.130 e. The van der Waals surface area contributed by atoms with Gasteiger partial charge >= 0.3 is 0 Å². The van der Waals surface area contributed by atoms with Gasteiger partial charge in [-0.05, 0) is 111 Å². The van der Waals surface area contributed by atoms with Crippen molar-refractivity contribution < 1.29 is 9.80 Å². The Morgan fingerprint density at radius 2 is 0.438 bits per heavy atom. The number of quaternary nitrogens is 2. The molecule has 6 rings (SSSR count). The van der Waals surface area contributed by atoms with Gasteiger partial charge in [-0.2, -0.15) is 0 Å². The number of nitrogens with one attached hydrogen (secondary N) is 6. The standard InChI is InChI=1S/C22H26N4.C20H20N2/c1-25(2)21-13-9-19(10-14-21)23-17-5-7-18(8-6-17)24-20-11-15-22(16-12-20)26(3)4;1-15-3-7-17(8-4-15)21-19-11-13-20(14-12-19)22-18-9-5-16(2)6-10-18/h5-16,23-24H,1-4H3;3-14,21-22H,1-2H3/p+2. The average Bonchev–Trinajstić information content (AvgIpc) is 3.09. The lowest BCUT2D eigenvalue weighted by Crippen LogP contribution is -3.00. The van der Waals surface area contributed by atoms with E-state index >= 15 is 0 Å². The second kappa shape index (κ2) is 16.3. The van der Waals surface area contributed by atoms with Crippen LogP contribution in [0.3, 0.4) is 0 Å². The van der Waals surface area contributed by atoms with Crippen molar-refractivity contribution in [3.63, 3.8) is 0 Å². The van der Waals surface area contributed by atoms with Gasteiger partial charge in [0.1, 0.15) is 11.4 Å². The van der Waals surface area contributed by atoms with Gasteiger partial charge in [0.2, 0.25) is 0 Å². The van der Waals surface area contributed by atoms with E-state index in [1.807, 2.05) is 0 Å². The first-order valence-corrected chi connectivity index (χ1v) is 16.4. The van der Waals surface area contributed by atoms with Crippen molar-refractivity contribution in [3.05, 3.63) is 157 Å². The molecule has 6 aromatic rings. The molecule has 6 heteroatoms. The predicted octanol–water partition coefficient (Wildman–Crippen LogP) is 8.52. The molecule has 0 aromatic heterocycles. The SMILES string of the molecule is C[NH+](C)c1ccc(Nc2ccc(Nc3ccc([NH+](C)C)cc3)cc2)cc1.Cc1ccc(Nc2ccc(Nc3ccc(C)cc3)cc2)cc1. The van der Waals surface area contributed by atoms with Gasteiger partial charge in [0, 0.05) is 69.8 Å². The Morgan fingerprint density at radius 1 is 0.271 bits per heavy atom. The van der Waals surface area contributed by atoms with E-state index in [-0.39, 0.29) is 0 Å². The molecule has 6 nitrogen and oxygen atoms in total. The van der Waals surface area contributed by atoms with E-state index in [1.54, 1.807) is 0 Å². The summed E-state index contributed by atoms with van der Waals surface area (Å²) >= 11 is 0. The highest BCUT2D eigenvalue weighted by Crippen LogP contribution is 2.24. The Balaban J connectivity index is 0.000000190. The normalized spacial score (nSPS) is 10.7. The largest absolute Gasteiger partial charge is 0.356 e. The van der Waals surface area contributed by atoms with Crippen LogP contribution in [0.25, 0.3) is 0 Å². The van der Waals surface area contributed by atoms with Crippen molar-refractivity contribution in [1.82, 2.24) is 0 Å². The summed E-state index contributed by atoms with van der Waals surface area (Å²) in [6.07, 6.45) is 0. The number of rotatable bonds is 10. The fraction of sp³-hybridized carbons (Fsp3) is 0.143. The molecule has 0 spiro atoms. The van der Waals surface area contributed by atoms with Gasteiger partial charge in [-0.1, -0.05) is 35.4 Å². The maximum absolute atomic E-state index is 3.44. The Bertz CT molecular complexity index is 1690. The summed E-state index contributed by atoms with van der Waals surface area (Å²) in [5, 5.41) is 13.7. The molecule has 0 aliphatic heterocycles.